The summed E-state index contributed by atoms with van der Waals surface area (Å²) in [5.74, 6) is -2.11. The third-order valence-electron chi connectivity index (χ3n) is 8.65. The smallest absolute Gasteiger partial charge is 0.338 e. The number of carbonyl (C=O) groups is 4. The van der Waals surface area contributed by atoms with Gasteiger partial charge in [0, 0.05) is 26.6 Å². The fraction of sp³-hybridized carbons (Fsp3) is 0.393. The predicted octanol–water partition coefficient (Wildman–Crippen LogP) is 3.79. The fourth-order valence-corrected chi connectivity index (χ4v) is 11.1. The number of thioether (sulfide) groups is 1. The molecule has 6 unspecified atom stereocenters. The van der Waals surface area contributed by atoms with Crippen LogP contribution in [0.5, 0.6) is 0 Å². The molecule has 3 aromatic rings. The van der Waals surface area contributed by atoms with E-state index in [0.29, 0.717) is 11.3 Å². The molecule has 2 aliphatic heterocycles. The monoisotopic (exact) mass is 595 g/mol. The molecule has 9 nitrogen and oxygen atoms in total. The Balaban J connectivity index is 1.10. The number of ether oxygens (including phenoxy) is 1. The van der Waals surface area contributed by atoms with Crippen molar-refractivity contribution in [3.05, 3.63) is 66.8 Å². The van der Waals surface area contributed by atoms with Gasteiger partial charge in [-0.3, -0.25) is 24.1 Å². The molecular formula is C28H25N3O6S3. The first-order valence-electron chi connectivity index (χ1n) is 13.2. The maximum absolute atomic E-state index is 13.7. The van der Waals surface area contributed by atoms with Crippen molar-refractivity contribution in [3.8, 4) is 0 Å². The number of fused-ring (bicyclic) bond motifs is 9. The second kappa shape index (κ2) is 9.71. The van der Waals surface area contributed by atoms with Gasteiger partial charge in [-0.2, -0.15) is 0 Å². The molecule has 0 radical (unpaired) electrons. The molecule has 2 saturated carbocycles. The quantitative estimate of drug-likeness (QED) is 0.328. The fourth-order valence-electron chi connectivity index (χ4n) is 7.27. The summed E-state index contributed by atoms with van der Waals surface area (Å²) >= 11 is 4.56. The normalized spacial score (nSPS) is 29.7. The van der Waals surface area contributed by atoms with Crippen LogP contribution < -0.4 is 10.2 Å². The van der Waals surface area contributed by atoms with Gasteiger partial charge in [-0.25, -0.2) is 4.79 Å². The largest absolute Gasteiger partial charge is 0.462 e. The Kier molecular flexibility index (Phi) is 6.24. The molecule has 2 bridgehead atoms. The number of amides is 3. The molecule has 0 spiro atoms. The molecule has 1 aromatic carbocycles. The van der Waals surface area contributed by atoms with Gasteiger partial charge in [-0.1, -0.05) is 17.4 Å². The maximum atomic E-state index is 13.7. The number of nitrogens with zero attached hydrogens (tertiary/aromatic N) is 1. The van der Waals surface area contributed by atoms with Crippen molar-refractivity contribution in [2.24, 2.45) is 29.6 Å². The van der Waals surface area contributed by atoms with Crippen molar-refractivity contribution in [3.63, 3.8) is 0 Å². The number of anilines is 1. The molecule has 7 rings (SSSR count). The van der Waals surface area contributed by atoms with Crippen LogP contribution in [0.2, 0.25) is 0 Å². The number of imide groups is 1. The van der Waals surface area contributed by atoms with E-state index in [1.807, 2.05) is 11.4 Å². The minimum atomic E-state index is -0.471. The maximum Gasteiger partial charge on any atom is 0.338 e. The van der Waals surface area contributed by atoms with E-state index in [1.165, 1.54) is 16.2 Å². The van der Waals surface area contributed by atoms with Gasteiger partial charge in [0.1, 0.15) is 6.54 Å². The number of carbonyl (C=O) groups excluding carboxylic acids is 4. The van der Waals surface area contributed by atoms with Gasteiger partial charge in [-0.15, -0.1) is 23.1 Å². The Morgan fingerprint density at radius 2 is 1.82 bits per heavy atom. The molecule has 3 amide bonds. The molecule has 40 heavy (non-hydrogen) atoms. The summed E-state index contributed by atoms with van der Waals surface area (Å²) in [6.07, 6.45) is 0.809. The highest BCUT2D eigenvalue weighted by molar-refractivity contribution is 8.00. The lowest BCUT2D eigenvalue weighted by Gasteiger charge is -2.42. The predicted molar refractivity (Wildman–Crippen MR) is 151 cm³/mol. The summed E-state index contributed by atoms with van der Waals surface area (Å²) in [5, 5.41) is 5.78. The number of nitrogens with one attached hydrogen (secondary N) is 2. The summed E-state index contributed by atoms with van der Waals surface area (Å²) in [6, 6.07) is 10.4. The summed E-state index contributed by atoms with van der Waals surface area (Å²) in [7, 11) is 0. The van der Waals surface area contributed by atoms with E-state index in [-0.39, 0.29) is 58.8 Å². The van der Waals surface area contributed by atoms with Gasteiger partial charge in [0.2, 0.25) is 17.7 Å². The third-order valence-corrected chi connectivity index (χ3v) is 12.2. The summed E-state index contributed by atoms with van der Waals surface area (Å²) < 4.78 is 4.98. The number of likely N-dealkylation sites (tertiary alicyclic amines) is 1. The van der Waals surface area contributed by atoms with Crippen molar-refractivity contribution in [2.45, 2.75) is 29.5 Å². The SMILES string of the molecule is CCOC(=O)c1ccc(NC(=O)CN2C(=O)C3C4CC(C3C2=O)C2C4Sc3[nH]c(=O)sc3[C@@H]2c2cccs2)cc1. The first kappa shape index (κ1) is 25.7. The van der Waals surface area contributed by atoms with Crippen LogP contribution in [0.4, 0.5) is 5.69 Å². The van der Waals surface area contributed by atoms with E-state index in [1.54, 1.807) is 54.3 Å². The van der Waals surface area contributed by atoms with Crippen LogP contribution in [-0.4, -0.2) is 52.0 Å². The Morgan fingerprint density at radius 3 is 2.52 bits per heavy atom. The van der Waals surface area contributed by atoms with E-state index in [9.17, 15) is 24.0 Å². The van der Waals surface area contributed by atoms with Gasteiger partial charge in [0.15, 0.2) is 0 Å². The average Bonchev–Trinajstić information content (AvgIpc) is 3.75. The lowest BCUT2D eigenvalue weighted by molar-refractivity contribution is -0.143. The van der Waals surface area contributed by atoms with Gasteiger partial charge >= 0.3 is 10.8 Å². The van der Waals surface area contributed by atoms with Crippen molar-refractivity contribution in [2.75, 3.05) is 18.5 Å². The Bertz CT molecular complexity index is 1580. The topological polar surface area (TPSA) is 126 Å². The molecular weight excluding hydrogens is 571 g/mol. The molecule has 4 aliphatic rings. The number of aromatic nitrogens is 1. The first-order chi connectivity index (χ1) is 19.4. The minimum absolute atomic E-state index is 0.0175. The number of rotatable bonds is 6. The van der Waals surface area contributed by atoms with Gasteiger partial charge in [0.25, 0.3) is 0 Å². The highest BCUT2D eigenvalue weighted by Crippen LogP contribution is 2.68. The number of thiazole rings is 1. The molecule has 12 heteroatoms. The molecule has 2 N–H and O–H groups in total. The molecule has 2 aliphatic carbocycles. The van der Waals surface area contributed by atoms with Crippen molar-refractivity contribution < 1.29 is 23.9 Å². The van der Waals surface area contributed by atoms with E-state index in [0.717, 1.165) is 21.2 Å². The highest BCUT2D eigenvalue weighted by atomic mass is 32.2. The number of benzene rings is 1. The van der Waals surface area contributed by atoms with Crippen molar-refractivity contribution in [1.82, 2.24) is 9.88 Å². The van der Waals surface area contributed by atoms with Crippen LogP contribution in [0.1, 0.15) is 39.4 Å². The number of hydrogen-bond acceptors (Lipinski definition) is 9. The van der Waals surface area contributed by atoms with E-state index >= 15 is 0 Å². The number of hydrogen-bond donors (Lipinski definition) is 2. The highest BCUT2D eigenvalue weighted by Gasteiger charge is 2.69. The number of H-pyrrole nitrogens is 1. The number of aromatic amines is 1. The molecule has 4 heterocycles. The van der Waals surface area contributed by atoms with E-state index in [2.05, 4.69) is 16.4 Å². The van der Waals surface area contributed by atoms with Crippen molar-refractivity contribution >= 4 is 63.8 Å². The van der Waals surface area contributed by atoms with Crippen LogP contribution in [0, 0.1) is 29.6 Å². The lowest BCUT2D eigenvalue weighted by Crippen LogP contribution is -2.42. The zero-order chi connectivity index (χ0) is 27.7. The Morgan fingerprint density at radius 1 is 1.07 bits per heavy atom. The summed E-state index contributed by atoms with van der Waals surface area (Å²) in [6.45, 7) is 1.65. The molecule has 3 fully saturated rings. The van der Waals surface area contributed by atoms with Gasteiger partial charge in [0.05, 0.1) is 29.0 Å². The second-order valence-electron chi connectivity index (χ2n) is 10.6. The lowest BCUT2D eigenvalue weighted by atomic mass is 9.69. The van der Waals surface area contributed by atoms with Gasteiger partial charge < -0.3 is 15.0 Å². The van der Waals surface area contributed by atoms with Crippen LogP contribution >= 0.6 is 34.4 Å². The average molecular weight is 596 g/mol. The van der Waals surface area contributed by atoms with E-state index < -0.39 is 23.7 Å². The standard InChI is InChI=1S/C28H25N3O6S3/c1-2-37-27(35)12-5-7-13(8-6-12)29-17(32)11-31-25(33)19-14-10-15(20(19)26(31)34)22-18(14)21(16-4-3-9-38-16)23-24(39-22)30-28(36)40-23/h3-9,14-15,18-22H,2,10-11H2,1H3,(H,29,32)(H,30,36)/t14?,15?,18?,19?,20?,21-,22?/m1/s1. The zero-order valence-corrected chi connectivity index (χ0v) is 23.8. The number of esters is 1. The van der Waals surface area contributed by atoms with Gasteiger partial charge in [-0.05, 0) is 66.8 Å². The van der Waals surface area contributed by atoms with E-state index in [4.69, 9.17) is 4.74 Å². The molecule has 206 valence electrons. The molecule has 2 aromatic heterocycles. The van der Waals surface area contributed by atoms with Crippen LogP contribution in [0.3, 0.4) is 0 Å². The van der Waals surface area contributed by atoms with Crippen LogP contribution in [-0.2, 0) is 19.1 Å². The number of thiophene rings is 1. The second-order valence-corrected chi connectivity index (χ2v) is 13.8. The van der Waals surface area contributed by atoms with Crippen molar-refractivity contribution in [1.29, 1.82) is 0 Å². The first-order valence-corrected chi connectivity index (χ1v) is 15.8. The summed E-state index contributed by atoms with van der Waals surface area (Å²) in [4.78, 5) is 70.6. The van der Waals surface area contributed by atoms with Crippen LogP contribution in [0.15, 0.2) is 51.6 Å². The Hall–Kier alpha value is -3.22. The Labute approximate surface area is 241 Å². The minimum Gasteiger partial charge on any atom is -0.462 e. The molecule has 1 saturated heterocycles. The zero-order valence-electron chi connectivity index (χ0n) is 21.3. The third kappa shape index (κ3) is 3.91. The molecule has 7 atom stereocenters. The summed E-state index contributed by atoms with van der Waals surface area (Å²) in [5.41, 5.74) is 0.824. The van der Waals surface area contributed by atoms with Crippen LogP contribution in [0.25, 0.3) is 0 Å².